The quantitative estimate of drug-likeness (QED) is 0.590. The van der Waals surface area contributed by atoms with Crippen LogP contribution in [0.3, 0.4) is 0 Å². The van der Waals surface area contributed by atoms with Crippen LogP contribution < -0.4 is 15.4 Å². The summed E-state index contributed by atoms with van der Waals surface area (Å²) in [5.41, 5.74) is 2.02. The first-order valence-corrected chi connectivity index (χ1v) is 8.10. The van der Waals surface area contributed by atoms with Crippen LogP contribution in [-0.4, -0.2) is 18.3 Å². The Morgan fingerprint density at radius 3 is 2.70 bits per heavy atom. The maximum absolute atomic E-state index is 12.8. The third kappa shape index (κ3) is 6.24. The van der Waals surface area contributed by atoms with Gasteiger partial charge < -0.3 is 15.4 Å². The molecule has 0 saturated heterocycles. The lowest BCUT2D eigenvalue weighted by molar-refractivity contribution is 0.340. The minimum absolute atomic E-state index is 0.202. The van der Waals surface area contributed by atoms with Gasteiger partial charge in [-0.1, -0.05) is 18.2 Å². The summed E-state index contributed by atoms with van der Waals surface area (Å²) in [4.78, 5) is 0. The smallest absolute Gasteiger partial charge is 0.170 e. The number of hydrogen-bond acceptors (Lipinski definition) is 2. The Labute approximate surface area is 141 Å². The summed E-state index contributed by atoms with van der Waals surface area (Å²) in [5.74, 6) is 0.614. The van der Waals surface area contributed by atoms with E-state index in [1.165, 1.54) is 12.1 Å². The highest BCUT2D eigenvalue weighted by Crippen LogP contribution is 2.17. The molecule has 0 saturated carbocycles. The lowest BCUT2D eigenvalue weighted by atomic mass is 10.1. The number of anilines is 1. The molecular weight excluding hydrogens is 311 g/mol. The van der Waals surface area contributed by atoms with E-state index in [-0.39, 0.29) is 5.82 Å². The van der Waals surface area contributed by atoms with Gasteiger partial charge in [-0.25, -0.2) is 4.39 Å². The molecule has 2 aromatic rings. The number of thiocarbonyl (C=S) groups is 1. The van der Waals surface area contributed by atoms with Gasteiger partial charge in [0.05, 0.1) is 6.61 Å². The largest absolute Gasteiger partial charge is 0.494 e. The van der Waals surface area contributed by atoms with Crippen molar-refractivity contribution >= 4 is 23.0 Å². The highest BCUT2D eigenvalue weighted by atomic mass is 32.1. The number of benzene rings is 2. The van der Waals surface area contributed by atoms with Crippen LogP contribution in [0.5, 0.6) is 5.75 Å². The molecule has 5 heteroatoms. The number of halogens is 1. The number of ether oxygens (including phenoxy) is 1. The SMILES string of the molecule is CCOc1cccc(NC(=S)NCCCc2ccc(F)cc2)c1. The molecular formula is C18H21FN2OS. The average molecular weight is 332 g/mol. The summed E-state index contributed by atoms with van der Waals surface area (Å²) in [6.07, 6.45) is 1.81. The van der Waals surface area contributed by atoms with E-state index in [9.17, 15) is 4.39 Å². The summed E-state index contributed by atoms with van der Waals surface area (Å²) < 4.78 is 18.3. The fourth-order valence-corrected chi connectivity index (χ4v) is 2.37. The van der Waals surface area contributed by atoms with Gasteiger partial charge in [0.25, 0.3) is 0 Å². The van der Waals surface area contributed by atoms with Crippen LogP contribution in [0.2, 0.25) is 0 Å². The molecule has 23 heavy (non-hydrogen) atoms. The Bertz CT molecular complexity index is 631. The molecule has 0 aliphatic rings. The van der Waals surface area contributed by atoms with Crippen molar-refractivity contribution in [3.8, 4) is 5.75 Å². The zero-order valence-electron chi connectivity index (χ0n) is 13.1. The second-order valence-electron chi connectivity index (χ2n) is 5.07. The Balaban J connectivity index is 1.70. The first-order valence-electron chi connectivity index (χ1n) is 7.69. The number of aryl methyl sites for hydroxylation is 1. The third-order valence-corrected chi connectivity index (χ3v) is 3.49. The van der Waals surface area contributed by atoms with Crippen molar-refractivity contribution in [2.45, 2.75) is 19.8 Å². The fraction of sp³-hybridized carbons (Fsp3) is 0.278. The van der Waals surface area contributed by atoms with E-state index in [0.29, 0.717) is 11.7 Å². The van der Waals surface area contributed by atoms with E-state index in [1.807, 2.05) is 43.3 Å². The standard InChI is InChI=1S/C18H21FN2OS/c1-2-22-17-7-3-6-16(13-17)21-18(23)20-12-4-5-14-8-10-15(19)11-9-14/h3,6-11,13H,2,4-5,12H2,1H3,(H2,20,21,23). The lowest BCUT2D eigenvalue weighted by Crippen LogP contribution is -2.29. The third-order valence-electron chi connectivity index (χ3n) is 3.24. The molecule has 3 nitrogen and oxygen atoms in total. The van der Waals surface area contributed by atoms with Crippen LogP contribution in [0.15, 0.2) is 48.5 Å². The first kappa shape index (κ1) is 17.2. The van der Waals surface area contributed by atoms with Crippen LogP contribution in [0, 0.1) is 5.82 Å². The van der Waals surface area contributed by atoms with Gasteiger partial charge in [0.2, 0.25) is 0 Å². The molecule has 0 aromatic heterocycles. The topological polar surface area (TPSA) is 33.3 Å². The van der Waals surface area contributed by atoms with Crippen molar-refractivity contribution in [2.24, 2.45) is 0 Å². The van der Waals surface area contributed by atoms with E-state index in [2.05, 4.69) is 10.6 Å². The Hall–Kier alpha value is -2.14. The number of hydrogen-bond donors (Lipinski definition) is 2. The van der Waals surface area contributed by atoms with Crippen molar-refractivity contribution in [2.75, 3.05) is 18.5 Å². The molecule has 0 aliphatic heterocycles. The normalized spacial score (nSPS) is 10.2. The summed E-state index contributed by atoms with van der Waals surface area (Å²) in [7, 11) is 0. The van der Waals surface area contributed by atoms with Crippen molar-refractivity contribution < 1.29 is 9.13 Å². The molecule has 0 heterocycles. The van der Waals surface area contributed by atoms with Gasteiger partial charge in [0.1, 0.15) is 11.6 Å². The van der Waals surface area contributed by atoms with E-state index >= 15 is 0 Å². The van der Waals surface area contributed by atoms with Crippen LogP contribution in [-0.2, 0) is 6.42 Å². The van der Waals surface area contributed by atoms with Crippen molar-refractivity contribution in [1.82, 2.24) is 5.32 Å². The van der Waals surface area contributed by atoms with Gasteiger partial charge in [0.15, 0.2) is 5.11 Å². The van der Waals surface area contributed by atoms with Gasteiger partial charge in [-0.05, 0) is 61.8 Å². The van der Waals surface area contributed by atoms with Crippen LogP contribution in [0.1, 0.15) is 18.9 Å². The Morgan fingerprint density at radius 2 is 1.96 bits per heavy atom. The maximum Gasteiger partial charge on any atom is 0.170 e. The van der Waals surface area contributed by atoms with Crippen LogP contribution >= 0.6 is 12.2 Å². The lowest BCUT2D eigenvalue weighted by Gasteiger charge is -2.11. The number of rotatable bonds is 7. The average Bonchev–Trinajstić information content (AvgIpc) is 2.54. The summed E-state index contributed by atoms with van der Waals surface area (Å²) in [5, 5.41) is 6.89. The molecule has 0 fully saturated rings. The molecule has 2 rings (SSSR count). The predicted octanol–water partition coefficient (Wildman–Crippen LogP) is 4.14. The Morgan fingerprint density at radius 1 is 1.17 bits per heavy atom. The van der Waals surface area contributed by atoms with Gasteiger partial charge in [-0.15, -0.1) is 0 Å². The zero-order chi connectivity index (χ0) is 16.5. The highest BCUT2D eigenvalue weighted by Gasteiger charge is 2.00. The monoisotopic (exact) mass is 332 g/mol. The minimum atomic E-state index is -0.202. The Kier molecular flexibility index (Phi) is 6.81. The van der Waals surface area contributed by atoms with E-state index in [0.717, 1.165) is 36.4 Å². The minimum Gasteiger partial charge on any atom is -0.494 e. The molecule has 0 radical (unpaired) electrons. The molecule has 2 N–H and O–H groups in total. The molecule has 0 spiro atoms. The van der Waals surface area contributed by atoms with E-state index < -0.39 is 0 Å². The van der Waals surface area contributed by atoms with E-state index in [1.54, 1.807) is 0 Å². The van der Waals surface area contributed by atoms with Crippen molar-refractivity contribution in [3.05, 3.63) is 59.9 Å². The van der Waals surface area contributed by atoms with E-state index in [4.69, 9.17) is 17.0 Å². The molecule has 0 amide bonds. The summed E-state index contributed by atoms with van der Waals surface area (Å²) in [6, 6.07) is 14.3. The maximum atomic E-state index is 12.8. The highest BCUT2D eigenvalue weighted by molar-refractivity contribution is 7.80. The fourth-order valence-electron chi connectivity index (χ4n) is 2.15. The second kappa shape index (κ2) is 9.10. The molecule has 122 valence electrons. The summed E-state index contributed by atoms with van der Waals surface area (Å²) >= 11 is 5.28. The summed E-state index contributed by atoms with van der Waals surface area (Å²) in [6.45, 7) is 3.34. The number of nitrogens with one attached hydrogen (secondary N) is 2. The van der Waals surface area contributed by atoms with Gasteiger partial charge in [-0.2, -0.15) is 0 Å². The van der Waals surface area contributed by atoms with Crippen molar-refractivity contribution in [1.29, 1.82) is 0 Å². The molecule has 0 bridgehead atoms. The second-order valence-corrected chi connectivity index (χ2v) is 5.48. The zero-order valence-corrected chi connectivity index (χ0v) is 14.0. The van der Waals surface area contributed by atoms with Crippen LogP contribution in [0.25, 0.3) is 0 Å². The molecule has 2 aromatic carbocycles. The molecule has 0 unspecified atom stereocenters. The van der Waals surface area contributed by atoms with Gasteiger partial charge >= 0.3 is 0 Å². The predicted molar refractivity (Wildman–Crippen MR) is 96.6 cm³/mol. The first-order chi connectivity index (χ1) is 11.2. The van der Waals surface area contributed by atoms with Gasteiger partial charge in [-0.3, -0.25) is 0 Å². The van der Waals surface area contributed by atoms with Crippen molar-refractivity contribution in [3.63, 3.8) is 0 Å². The molecule has 0 atom stereocenters. The van der Waals surface area contributed by atoms with Crippen LogP contribution in [0.4, 0.5) is 10.1 Å². The molecule has 0 aliphatic carbocycles. The van der Waals surface area contributed by atoms with Gasteiger partial charge in [0, 0.05) is 18.3 Å².